The lowest BCUT2D eigenvalue weighted by atomic mass is 10.1. The summed E-state index contributed by atoms with van der Waals surface area (Å²) >= 11 is 5.69. The van der Waals surface area contributed by atoms with Crippen molar-refractivity contribution in [3.63, 3.8) is 0 Å². The van der Waals surface area contributed by atoms with Crippen LogP contribution in [0, 0.1) is 6.92 Å². The van der Waals surface area contributed by atoms with E-state index in [-0.39, 0.29) is 11.7 Å². The molecule has 21 heavy (non-hydrogen) atoms. The van der Waals surface area contributed by atoms with Gasteiger partial charge in [-0.05, 0) is 61.2 Å². The summed E-state index contributed by atoms with van der Waals surface area (Å²) in [6, 6.07) is 12.6. The van der Waals surface area contributed by atoms with E-state index in [4.69, 9.17) is 11.6 Å². The van der Waals surface area contributed by atoms with E-state index >= 15 is 0 Å². The van der Waals surface area contributed by atoms with Gasteiger partial charge in [0.05, 0.1) is 0 Å². The highest BCUT2D eigenvalue weighted by molar-refractivity contribution is 6.17. The third-order valence-corrected chi connectivity index (χ3v) is 3.51. The minimum absolute atomic E-state index is 0.187. The van der Waals surface area contributed by atoms with Crippen molar-refractivity contribution in [2.24, 2.45) is 0 Å². The van der Waals surface area contributed by atoms with Gasteiger partial charge in [0.15, 0.2) is 0 Å². The second-order valence-corrected chi connectivity index (χ2v) is 5.33. The molecule has 4 heteroatoms. The molecule has 0 bridgehead atoms. The van der Waals surface area contributed by atoms with E-state index in [1.165, 1.54) is 6.07 Å². The number of nitrogens with one attached hydrogen (secondary N) is 1. The second-order valence-electron chi connectivity index (χ2n) is 4.95. The van der Waals surface area contributed by atoms with Gasteiger partial charge in [0.2, 0.25) is 0 Å². The summed E-state index contributed by atoms with van der Waals surface area (Å²) in [6.45, 7) is 1.76. The van der Waals surface area contributed by atoms with Crippen molar-refractivity contribution in [2.75, 3.05) is 11.2 Å². The molecule has 2 aromatic rings. The van der Waals surface area contributed by atoms with E-state index in [1.807, 2.05) is 24.3 Å². The first-order chi connectivity index (χ1) is 10.1. The summed E-state index contributed by atoms with van der Waals surface area (Å²) in [5, 5.41) is 12.4. The van der Waals surface area contributed by atoms with Crippen molar-refractivity contribution < 1.29 is 9.90 Å². The van der Waals surface area contributed by atoms with Gasteiger partial charge in [-0.25, -0.2) is 0 Å². The molecule has 0 unspecified atom stereocenters. The maximum absolute atomic E-state index is 12.2. The van der Waals surface area contributed by atoms with Gasteiger partial charge >= 0.3 is 0 Å². The summed E-state index contributed by atoms with van der Waals surface area (Å²) in [7, 11) is 0. The smallest absolute Gasteiger partial charge is 0.255 e. The maximum atomic E-state index is 12.2. The molecule has 0 heterocycles. The lowest BCUT2D eigenvalue weighted by molar-refractivity contribution is 0.102. The lowest BCUT2D eigenvalue weighted by Crippen LogP contribution is -2.12. The van der Waals surface area contributed by atoms with Crippen molar-refractivity contribution in [1.82, 2.24) is 0 Å². The fourth-order valence-corrected chi connectivity index (χ4v) is 2.21. The number of amides is 1. The Morgan fingerprint density at radius 2 is 2.05 bits per heavy atom. The number of phenols is 1. The number of hydrogen-bond acceptors (Lipinski definition) is 2. The van der Waals surface area contributed by atoms with Crippen LogP contribution in [0.4, 0.5) is 5.69 Å². The Labute approximate surface area is 129 Å². The maximum Gasteiger partial charge on any atom is 0.255 e. The Bertz CT molecular complexity index is 640. The number of phenolic OH excluding ortho intramolecular Hbond substituents is 1. The van der Waals surface area contributed by atoms with Gasteiger partial charge < -0.3 is 10.4 Å². The SMILES string of the molecule is Cc1cc(C(=O)Nc2cccc(CCCCl)c2)ccc1O. The highest BCUT2D eigenvalue weighted by Gasteiger charge is 2.08. The van der Waals surface area contributed by atoms with Crippen LogP contribution in [0.5, 0.6) is 5.75 Å². The Hall–Kier alpha value is -2.00. The number of benzene rings is 2. The summed E-state index contributed by atoms with van der Waals surface area (Å²) in [5.74, 6) is 0.630. The first-order valence-electron chi connectivity index (χ1n) is 6.86. The molecular formula is C17H18ClNO2. The van der Waals surface area contributed by atoms with Crippen LogP contribution in [0.2, 0.25) is 0 Å². The zero-order valence-corrected chi connectivity index (χ0v) is 12.7. The average molecular weight is 304 g/mol. The normalized spacial score (nSPS) is 10.4. The molecule has 0 fully saturated rings. The minimum atomic E-state index is -0.187. The quantitative estimate of drug-likeness (QED) is 0.816. The van der Waals surface area contributed by atoms with Crippen LogP contribution in [0.25, 0.3) is 0 Å². The molecular weight excluding hydrogens is 286 g/mol. The molecule has 0 saturated carbocycles. The predicted octanol–water partition coefficient (Wildman–Crippen LogP) is 4.12. The zero-order chi connectivity index (χ0) is 15.2. The topological polar surface area (TPSA) is 49.3 Å². The Balaban J connectivity index is 2.10. The highest BCUT2D eigenvalue weighted by Crippen LogP contribution is 2.19. The molecule has 0 atom stereocenters. The van der Waals surface area contributed by atoms with Gasteiger partial charge in [0.25, 0.3) is 5.91 Å². The summed E-state index contributed by atoms with van der Waals surface area (Å²) in [5.41, 5.74) is 3.11. The second kappa shape index (κ2) is 7.14. The number of aryl methyl sites for hydroxylation is 2. The minimum Gasteiger partial charge on any atom is -0.508 e. The lowest BCUT2D eigenvalue weighted by Gasteiger charge is -2.08. The van der Waals surface area contributed by atoms with Gasteiger partial charge in [-0.1, -0.05) is 12.1 Å². The van der Waals surface area contributed by atoms with Crippen LogP contribution < -0.4 is 5.32 Å². The van der Waals surface area contributed by atoms with Crippen LogP contribution >= 0.6 is 11.6 Å². The van der Waals surface area contributed by atoms with Crippen molar-refractivity contribution in [3.05, 3.63) is 59.2 Å². The summed E-state index contributed by atoms with van der Waals surface area (Å²) in [4.78, 5) is 12.2. The number of carbonyl (C=O) groups excluding carboxylic acids is 1. The fourth-order valence-electron chi connectivity index (χ4n) is 2.08. The first-order valence-corrected chi connectivity index (χ1v) is 7.39. The van der Waals surface area contributed by atoms with E-state index in [1.54, 1.807) is 19.1 Å². The van der Waals surface area contributed by atoms with Gasteiger partial charge in [0, 0.05) is 17.1 Å². The van der Waals surface area contributed by atoms with Crippen molar-refractivity contribution in [3.8, 4) is 5.75 Å². The third kappa shape index (κ3) is 4.23. The van der Waals surface area contributed by atoms with Crippen LogP contribution in [0.1, 0.15) is 27.9 Å². The highest BCUT2D eigenvalue weighted by atomic mass is 35.5. The van der Waals surface area contributed by atoms with Crippen molar-refractivity contribution in [1.29, 1.82) is 0 Å². The molecule has 0 aliphatic heterocycles. The zero-order valence-electron chi connectivity index (χ0n) is 11.9. The van der Waals surface area contributed by atoms with E-state index in [2.05, 4.69) is 5.32 Å². The number of carbonyl (C=O) groups is 1. The number of hydrogen-bond donors (Lipinski definition) is 2. The fraction of sp³-hybridized carbons (Fsp3) is 0.235. The Kier molecular flexibility index (Phi) is 5.23. The molecule has 0 aliphatic carbocycles. The monoisotopic (exact) mass is 303 g/mol. The molecule has 2 aromatic carbocycles. The molecule has 0 spiro atoms. The molecule has 0 saturated heterocycles. The van der Waals surface area contributed by atoms with Crippen LogP contribution in [-0.4, -0.2) is 16.9 Å². The molecule has 2 rings (SSSR count). The van der Waals surface area contributed by atoms with Crippen LogP contribution in [0.3, 0.4) is 0 Å². The number of anilines is 1. The summed E-state index contributed by atoms with van der Waals surface area (Å²) in [6.07, 6.45) is 1.81. The van der Waals surface area contributed by atoms with Crippen molar-refractivity contribution >= 4 is 23.2 Å². The molecule has 0 aliphatic rings. The molecule has 2 N–H and O–H groups in total. The number of rotatable bonds is 5. The van der Waals surface area contributed by atoms with Gasteiger partial charge in [-0.15, -0.1) is 11.6 Å². The van der Waals surface area contributed by atoms with Crippen LogP contribution in [-0.2, 0) is 6.42 Å². The number of aromatic hydroxyl groups is 1. The van der Waals surface area contributed by atoms with E-state index in [0.29, 0.717) is 17.0 Å². The first kappa shape index (κ1) is 15.4. The standard InChI is InChI=1S/C17H18ClNO2/c1-12-10-14(7-8-16(12)20)17(21)19-15-6-2-4-13(11-15)5-3-9-18/h2,4,6-8,10-11,20H,3,5,9H2,1H3,(H,19,21). The molecule has 0 aromatic heterocycles. The largest absolute Gasteiger partial charge is 0.508 e. The van der Waals surface area contributed by atoms with E-state index in [0.717, 1.165) is 24.1 Å². The summed E-state index contributed by atoms with van der Waals surface area (Å²) < 4.78 is 0. The van der Waals surface area contributed by atoms with E-state index < -0.39 is 0 Å². The van der Waals surface area contributed by atoms with Gasteiger partial charge in [0.1, 0.15) is 5.75 Å². The van der Waals surface area contributed by atoms with Gasteiger partial charge in [-0.3, -0.25) is 4.79 Å². The molecule has 0 radical (unpaired) electrons. The van der Waals surface area contributed by atoms with Crippen LogP contribution in [0.15, 0.2) is 42.5 Å². The Morgan fingerprint density at radius 3 is 2.76 bits per heavy atom. The molecule has 1 amide bonds. The van der Waals surface area contributed by atoms with E-state index in [9.17, 15) is 9.90 Å². The number of halogens is 1. The van der Waals surface area contributed by atoms with Gasteiger partial charge in [-0.2, -0.15) is 0 Å². The molecule has 110 valence electrons. The predicted molar refractivity (Wildman–Crippen MR) is 86.3 cm³/mol. The average Bonchev–Trinajstić information content (AvgIpc) is 2.48. The Morgan fingerprint density at radius 1 is 1.24 bits per heavy atom. The van der Waals surface area contributed by atoms with Crippen molar-refractivity contribution in [2.45, 2.75) is 19.8 Å². The number of alkyl halides is 1. The molecule has 3 nitrogen and oxygen atoms in total. The third-order valence-electron chi connectivity index (χ3n) is 3.24.